The van der Waals surface area contributed by atoms with Gasteiger partial charge in [0.1, 0.15) is 17.8 Å². The zero-order valence-electron chi connectivity index (χ0n) is 14.6. The molecule has 0 aliphatic rings. The number of methoxy groups -OCH3 is 1. The van der Waals surface area contributed by atoms with E-state index in [0.29, 0.717) is 23.9 Å². The highest BCUT2D eigenvalue weighted by Gasteiger charge is 2.13. The molecular weight excluding hydrogens is 334 g/mol. The van der Waals surface area contributed by atoms with Gasteiger partial charge in [0.2, 0.25) is 5.89 Å². The van der Waals surface area contributed by atoms with Gasteiger partial charge in [0, 0.05) is 25.0 Å². The van der Waals surface area contributed by atoms with Crippen molar-refractivity contribution in [1.82, 2.24) is 15.3 Å². The van der Waals surface area contributed by atoms with Crippen LogP contribution in [0.5, 0.6) is 11.5 Å². The molecule has 7 nitrogen and oxygen atoms in total. The molecule has 0 aliphatic carbocycles. The van der Waals surface area contributed by atoms with Crippen LogP contribution in [0.4, 0.5) is 0 Å². The number of ether oxygens (including phenoxy) is 2. The lowest BCUT2D eigenvalue weighted by molar-refractivity contribution is 0.0945. The maximum Gasteiger partial charge on any atom is 0.273 e. The van der Waals surface area contributed by atoms with Crippen molar-refractivity contribution in [2.24, 2.45) is 0 Å². The molecule has 0 saturated carbocycles. The number of amides is 1. The van der Waals surface area contributed by atoms with E-state index in [1.54, 1.807) is 31.6 Å². The molecule has 1 N–H and O–H groups in total. The largest absolute Gasteiger partial charge is 0.497 e. The Hall–Kier alpha value is -3.35. The molecule has 26 heavy (non-hydrogen) atoms. The van der Waals surface area contributed by atoms with Crippen molar-refractivity contribution in [3.05, 3.63) is 71.7 Å². The van der Waals surface area contributed by atoms with E-state index >= 15 is 0 Å². The topological polar surface area (TPSA) is 86.5 Å². The van der Waals surface area contributed by atoms with Crippen LogP contribution in [-0.4, -0.2) is 23.0 Å². The predicted octanol–water partition coefficient (Wildman–Crippen LogP) is 2.90. The van der Waals surface area contributed by atoms with Crippen molar-refractivity contribution in [3.63, 3.8) is 0 Å². The van der Waals surface area contributed by atoms with Gasteiger partial charge in [-0.2, -0.15) is 0 Å². The first-order valence-electron chi connectivity index (χ1n) is 8.04. The van der Waals surface area contributed by atoms with Gasteiger partial charge in [-0.3, -0.25) is 9.78 Å². The first kappa shape index (κ1) is 17.5. The molecule has 0 unspecified atom stereocenters. The fourth-order valence-corrected chi connectivity index (χ4v) is 2.28. The zero-order valence-corrected chi connectivity index (χ0v) is 14.6. The Morgan fingerprint density at radius 3 is 2.92 bits per heavy atom. The number of oxazole rings is 1. The van der Waals surface area contributed by atoms with Gasteiger partial charge in [0.15, 0.2) is 12.3 Å². The van der Waals surface area contributed by atoms with E-state index in [1.165, 1.54) is 6.26 Å². The van der Waals surface area contributed by atoms with E-state index in [1.807, 2.05) is 25.1 Å². The van der Waals surface area contributed by atoms with Crippen molar-refractivity contribution >= 4 is 5.91 Å². The molecule has 0 fully saturated rings. The van der Waals surface area contributed by atoms with Gasteiger partial charge in [0.25, 0.3) is 5.91 Å². The number of carbonyl (C=O) groups is 1. The van der Waals surface area contributed by atoms with E-state index in [0.717, 1.165) is 11.1 Å². The molecule has 2 heterocycles. The number of nitrogens with zero attached hydrogens (tertiary/aromatic N) is 2. The molecule has 0 atom stereocenters. The summed E-state index contributed by atoms with van der Waals surface area (Å²) >= 11 is 0. The van der Waals surface area contributed by atoms with Crippen LogP contribution in [0.25, 0.3) is 0 Å². The number of rotatable bonds is 7. The van der Waals surface area contributed by atoms with Gasteiger partial charge < -0.3 is 19.2 Å². The lowest BCUT2D eigenvalue weighted by Crippen LogP contribution is -2.23. The second-order valence-corrected chi connectivity index (χ2v) is 5.58. The normalized spacial score (nSPS) is 10.4. The minimum atomic E-state index is -0.308. The number of pyridine rings is 1. The minimum absolute atomic E-state index is 0.115. The van der Waals surface area contributed by atoms with Crippen molar-refractivity contribution in [3.8, 4) is 11.5 Å². The number of aromatic nitrogens is 2. The third-order valence-electron chi connectivity index (χ3n) is 3.76. The summed E-state index contributed by atoms with van der Waals surface area (Å²) in [7, 11) is 1.59. The van der Waals surface area contributed by atoms with Gasteiger partial charge >= 0.3 is 0 Å². The van der Waals surface area contributed by atoms with E-state index < -0.39 is 0 Å². The van der Waals surface area contributed by atoms with Crippen LogP contribution in [0.2, 0.25) is 0 Å². The SMILES string of the molecule is COc1cccc(OCc2nc(C(=O)NCc3ccncc3C)co2)c1. The summed E-state index contributed by atoms with van der Waals surface area (Å²) in [5, 5.41) is 2.81. The third-order valence-corrected chi connectivity index (χ3v) is 3.76. The Labute approximate surface area is 151 Å². The molecule has 1 aromatic carbocycles. The Morgan fingerprint density at radius 2 is 2.12 bits per heavy atom. The molecule has 3 aromatic rings. The second-order valence-electron chi connectivity index (χ2n) is 5.58. The Morgan fingerprint density at radius 1 is 1.27 bits per heavy atom. The van der Waals surface area contributed by atoms with E-state index in [-0.39, 0.29) is 18.2 Å². The zero-order chi connectivity index (χ0) is 18.4. The molecule has 7 heteroatoms. The van der Waals surface area contributed by atoms with Gasteiger partial charge in [-0.1, -0.05) is 6.07 Å². The molecular formula is C19H19N3O4. The van der Waals surface area contributed by atoms with E-state index in [4.69, 9.17) is 13.9 Å². The standard InChI is InChI=1S/C19H19N3O4/c1-13-9-20-7-6-14(13)10-21-19(23)17-11-26-18(22-17)12-25-16-5-3-4-15(8-16)24-2/h3-9,11H,10,12H2,1-2H3,(H,21,23). The first-order valence-corrected chi connectivity index (χ1v) is 8.04. The molecule has 3 rings (SSSR count). The Balaban J connectivity index is 1.55. The molecule has 0 aliphatic heterocycles. The van der Waals surface area contributed by atoms with Crippen LogP contribution in [0.15, 0.2) is 53.4 Å². The van der Waals surface area contributed by atoms with Crippen LogP contribution < -0.4 is 14.8 Å². The van der Waals surface area contributed by atoms with Crippen molar-refractivity contribution in [2.75, 3.05) is 7.11 Å². The molecule has 134 valence electrons. The molecule has 0 saturated heterocycles. The van der Waals surface area contributed by atoms with Crippen molar-refractivity contribution < 1.29 is 18.7 Å². The highest BCUT2D eigenvalue weighted by Crippen LogP contribution is 2.19. The summed E-state index contributed by atoms with van der Waals surface area (Å²) in [6, 6.07) is 9.07. The maximum absolute atomic E-state index is 12.2. The van der Waals surface area contributed by atoms with E-state index in [9.17, 15) is 4.79 Å². The fourth-order valence-electron chi connectivity index (χ4n) is 2.28. The second kappa shape index (κ2) is 8.15. The number of hydrogen-bond acceptors (Lipinski definition) is 6. The first-order chi connectivity index (χ1) is 12.7. The van der Waals surface area contributed by atoms with Crippen molar-refractivity contribution in [1.29, 1.82) is 0 Å². The summed E-state index contributed by atoms with van der Waals surface area (Å²) in [6.07, 6.45) is 4.77. The molecule has 1 amide bonds. The van der Waals surface area contributed by atoms with E-state index in [2.05, 4.69) is 15.3 Å². The lowest BCUT2D eigenvalue weighted by atomic mass is 10.1. The fraction of sp³-hybridized carbons (Fsp3) is 0.211. The number of aryl methyl sites for hydroxylation is 1. The number of benzene rings is 1. The Kier molecular flexibility index (Phi) is 5.48. The number of hydrogen-bond donors (Lipinski definition) is 1. The monoisotopic (exact) mass is 353 g/mol. The molecule has 0 bridgehead atoms. The quantitative estimate of drug-likeness (QED) is 0.703. The van der Waals surface area contributed by atoms with Crippen LogP contribution in [-0.2, 0) is 13.2 Å². The van der Waals surface area contributed by atoms with Gasteiger partial charge in [-0.05, 0) is 36.2 Å². The highest BCUT2D eigenvalue weighted by atomic mass is 16.5. The van der Waals surface area contributed by atoms with Crippen LogP contribution >= 0.6 is 0 Å². The average molecular weight is 353 g/mol. The summed E-state index contributed by atoms with van der Waals surface area (Å²) < 4.78 is 16.0. The van der Waals surface area contributed by atoms with Crippen LogP contribution in [0, 0.1) is 6.92 Å². The summed E-state index contributed by atoms with van der Waals surface area (Å²) in [5.74, 6) is 1.33. The smallest absolute Gasteiger partial charge is 0.273 e. The molecule has 0 radical (unpaired) electrons. The Bertz CT molecular complexity index is 892. The van der Waals surface area contributed by atoms with Gasteiger partial charge in [-0.25, -0.2) is 4.98 Å². The summed E-state index contributed by atoms with van der Waals surface area (Å²) in [5.41, 5.74) is 2.22. The maximum atomic E-state index is 12.2. The summed E-state index contributed by atoms with van der Waals surface area (Å²) in [6.45, 7) is 2.46. The number of carbonyl (C=O) groups excluding carboxylic acids is 1. The van der Waals surface area contributed by atoms with Gasteiger partial charge in [-0.15, -0.1) is 0 Å². The predicted molar refractivity (Wildman–Crippen MR) is 94.0 cm³/mol. The van der Waals surface area contributed by atoms with Crippen molar-refractivity contribution in [2.45, 2.75) is 20.1 Å². The minimum Gasteiger partial charge on any atom is -0.497 e. The van der Waals surface area contributed by atoms with Gasteiger partial charge in [0.05, 0.1) is 7.11 Å². The average Bonchev–Trinajstić information content (AvgIpc) is 3.15. The molecule has 2 aromatic heterocycles. The van der Waals surface area contributed by atoms with Crippen LogP contribution in [0.3, 0.4) is 0 Å². The van der Waals surface area contributed by atoms with Crippen LogP contribution in [0.1, 0.15) is 27.5 Å². The molecule has 0 spiro atoms. The number of nitrogens with one attached hydrogen (secondary N) is 1. The lowest BCUT2D eigenvalue weighted by Gasteiger charge is -2.06. The third kappa shape index (κ3) is 4.38. The summed E-state index contributed by atoms with van der Waals surface area (Å²) in [4.78, 5) is 20.4. The highest BCUT2D eigenvalue weighted by molar-refractivity contribution is 5.91.